The largest absolute Gasteiger partial charge is 0.472 e. The Kier molecular flexibility index (Phi) is 9.58. The lowest BCUT2D eigenvalue weighted by atomic mass is 10.0. The van der Waals surface area contributed by atoms with Gasteiger partial charge in [-0.25, -0.2) is 17.8 Å². The molecule has 4 aromatic rings. The molecule has 0 spiro atoms. The van der Waals surface area contributed by atoms with Crippen molar-refractivity contribution in [3.8, 4) is 5.88 Å². The Labute approximate surface area is 322 Å². The minimum absolute atomic E-state index is 0.00156. The summed E-state index contributed by atoms with van der Waals surface area (Å²) in [5.74, 6) is -2.98. The molecule has 3 fully saturated rings. The summed E-state index contributed by atoms with van der Waals surface area (Å²) in [6.45, 7) is 3.13. The fourth-order valence-electron chi connectivity index (χ4n) is 7.80. The zero-order valence-corrected chi connectivity index (χ0v) is 31.9. The summed E-state index contributed by atoms with van der Waals surface area (Å²) in [6, 6.07) is 10.9. The molecular formula is C40H43FN6O8S. The molecule has 2 aromatic heterocycles. The van der Waals surface area contributed by atoms with E-state index in [9.17, 15) is 32.0 Å². The van der Waals surface area contributed by atoms with Gasteiger partial charge in [0.15, 0.2) is 5.69 Å². The first-order valence-electron chi connectivity index (χ1n) is 19.0. The van der Waals surface area contributed by atoms with E-state index in [1.165, 1.54) is 23.1 Å². The topological polar surface area (TPSA) is 190 Å². The number of benzene rings is 2. The van der Waals surface area contributed by atoms with Crippen molar-refractivity contribution in [2.45, 2.75) is 100 Å². The average molecular weight is 787 g/mol. The molecule has 4 aliphatic rings. The summed E-state index contributed by atoms with van der Waals surface area (Å²) >= 11 is 0. The fraction of sp³-hybridized carbons (Fsp3) is 0.450. The third-order valence-corrected chi connectivity index (χ3v) is 13.7. The number of sulfonamides is 1. The first-order chi connectivity index (χ1) is 26.8. The number of amides is 4. The molecule has 3 N–H and O–H groups in total. The summed E-state index contributed by atoms with van der Waals surface area (Å²) in [5, 5.41) is 11.6. The Morgan fingerprint density at radius 1 is 1.05 bits per heavy atom. The van der Waals surface area contributed by atoms with E-state index in [0.29, 0.717) is 42.3 Å². The van der Waals surface area contributed by atoms with Gasteiger partial charge in [0, 0.05) is 35.2 Å². The van der Waals surface area contributed by atoms with E-state index >= 15 is 0 Å². The van der Waals surface area contributed by atoms with Gasteiger partial charge in [0.05, 0.1) is 16.8 Å². The summed E-state index contributed by atoms with van der Waals surface area (Å²) in [4.78, 5) is 62.3. The normalized spacial score (nSPS) is 26.9. The summed E-state index contributed by atoms with van der Waals surface area (Å²) in [7, 11) is -4.02. The van der Waals surface area contributed by atoms with E-state index in [4.69, 9.17) is 9.26 Å². The maximum Gasteiger partial charge on any atom is 0.274 e. The van der Waals surface area contributed by atoms with Crippen molar-refractivity contribution >= 4 is 55.3 Å². The number of rotatable bonds is 7. The molecule has 2 aliphatic carbocycles. The number of pyridine rings is 1. The zero-order chi connectivity index (χ0) is 39.4. The van der Waals surface area contributed by atoms with Gasteiger partial charge in [-0.3, -0.25) is 23.9 Å². The molecule has 2 aliphatic heterocycles. The van der Waals surface area contributed by atoms with E-state index in [-0.39, 0.29) is 37.4 Å². The van der Waals surface area contributed by atoms with Gasteiger partial charge in [-0.1, -0.05) is 48.3 Å². The van der Waals surface area contributed by atoms with E-state index in [1.807, 2.05) is 36.4 Å². The number of fused-ring (bicyclic) bond motifs is 5. The van der Waals surface area contributed by atoms with Crippen LogP contribution in [0.25, 0.3) is 21.7 Å². The fourth-order valence-corrected chi connectivity index (χ4v) is 9.11. The predicted octanol–water partition coefficient (Wildman–Crippen LogP) is 4.36. The van der Waals surface area contributed by atoms with Crippen LogP contribution in [-0.2, 0) is 24.4 Å². The van der Waals surface area contributed by atoms with Crippen molar-refractivity contribution < 1.29 is 41.2 Å². The van der Waals surface area contributed by atoms with Crippen LogP contribution in [0.2, 0.25) is 0 Å². The maximum absolute atomic E-state index is 14.6. The molecule has 0 bridgehead atoms. The van der Waals surface area contributed by atoms with Crippen LogP contribution in [0.4, 0.5) is 4.39 Å². The number of carbonyl (C=O) groups is 4. The van der Waals surface area contributed by atoms with Crippen LogP contribution < -0.4 is 20.1 Å². The van der Waals surface area contributed by atoms with Crippen molar-refractivity contribution in [3.63, 3.8) is 0 Å². The first-order valence-corrected chi connectivity index (χ1v) is 20.5. The number of nitrogens with zero attached hydrogens (tertiary/aromatic N) is 3. The van der Waals surface area contributed by atoms with Gasteiger partial charge in [0.25, 0.3) is 11.8 Å². The predicted molar refractivity (Wildman–Crippen MR) is 202 cm³/mol. The van der Waals surface area contributed by atoms with Gasteiger partial charge in [-0.15, -0.1) is 0 Å². The molecule has 2 aromatic carbocycles. The van der Waals surface area contributed by atoms with Crippen LogP contribution in [-0.4, -0.2) is 82.1 Å². The zero-order valence-electron chi connectivity index (χ0n) is 31.0. The molecule has 294 valence electrons. The maximum atomic E-state index is 14.6. The first kappa shape index (κ1) is 37.5. The number of ether oxygens (including phenoxy) is 1. The van der Waals surface area contributed by atoms with Crippen molar-refractivity contribution in [2.24, 2.45) is 5.92 Å². The van der Waals surface area contributed by atoms with Gasteiger partial charge in [-0.2, -0.15) is 0 Å². The quantitative estimate of drug-likeness (QED) is 0.179. The number of hydrogen-bond donors (Lipinski definition) is 3. The second-order valence-corrected chi connectivity index (χ2v) is 17.9. The molecule has 5 atom stereocenters. The highest BCUT2D eigenvalue weighted by molar-refractivity contribution is 7.91. The Balaban J connectivity index is 1.13. The van der Waals surface area contributed by atoms with Crippen molar-refractivity contribution in [1.29, 1.82) is 0 Å². The highest BCUT2D eigenvalue weighted by Gasteiger charge is 2.63. The Bertz CT molecular complexity index is 2400. The van der Waals surface area contributed by atoms with Gasteiger partial charge < -0.3 is 24.8 Å². The molecule has 1 saturated heterocycles. The summed E-state index contributed by atoms with van der Waals surface area (Å²) < 4.78 is 53.5. The smallest absolute Gasteiger partial charge is 0.274 e. The van der Waals surface area contributed by atoms with Crippen LogP contribution in [0.5, 0.6) is 5.88 Å². The average Bonchev–Trinajstić information content (AvgIpc) is 3.97. The minimum atomic E-state index is -4.02. The minimum Gasteiger partial charge on any atom is -0.472 e. The molecule has 4 amide bonds. The van der Waals surface area contributed by atoms with Crippen LogP contribution in [0.3, 0.4) is 0 Å². The van der Waals surface area contributed by atoms with Gasteiger partial charge in [0.1, 0.15) is 35.3 Å². The molecular weight excluding hydrogens is 744 g/mol. The molecule has 16 heteroatoms. The van der Waals surface area contributed by atoms with Crippen LogP contribution in [0.15, 0.2) is 65.2 Å². The van der Waals surface area contributed by atoms with Crippen molar-refractivity contribution in [1.82, 2.24) is 30.4 Å². The summed E-state index contributed by atoms with van der Waals surface area (Å²) in [6.07, 6.45) is 6.99. The molecule has 1 unspecified atom stereocenters. The Morgan fingerprint density at radius 2 is 1.84 bits per heavy atom. The molecule has 56 heavy (non-hydrogen) atoms. The van der Waals surface area contributed by atoms with Gasteiger partial charge in [-0.05, 0) is 76.0 Å². The third kappa shape index (κ3) is 7.10. The number of nitrogens with one attached hydrogen (secondary N) is 3. The number of allylic oxidation sites excluding steroid dienone is 1. The molecule has 0 radical (unpaired) electrons. The van der Waals surface area contributed by atoms with Gasteiger partial charge in [0.2, 0.25) is 27.7 Å². The third-order valence-electron chi connectivity index (χ3n) is 11.5. The SMILES string of the molecule is Cc1cc(C(=O)N[C@H]2CCCCC/C=C\[C@H]3CC3(C(=O)NS(=O)(=O)C3(C)CC3)NC(=O)[C@@H]3C[C@@H](Oc4nc5cc(F)ccc5c5ccccc45)CN3C2=O)no1. The molecule has 2 saturated carbocycles. The lowest BCUT2D eigenvalue weighted by molar-refractivity contribution is -0.141. The summed E-state index contributed by atoms with van der Waals surface area (Å²) in [5.41, 5.74) is -1.19. The van der Waals surface area contributed by atoms with E-state index in [2.05, 4.69) is 25.5 Å². The van der Waals surface area contributed by atoms with Gasteiger partial charge >= 0.3 is 0 Å². The van der Waals surface area contributed by atoms with E-state index < -0.39 is 73.9 Å². The molecule has 4 heterocycles. The highest BCUT2D eigenvalue weighted by Crippen LogP contribution is 2.47. The van der Waals surface area contributed by atoms with E-state index in [0.717, 1.165) is 23.6 Å². The lowest BCUT2D eigenvalue weighted by Crippen LogP contribution is -2.58. The number of hydrogen-bond acceptors (Lipinski definition) is 10. The van der Waals surface area contributed by atoms with Crippen molar-refractivity contribution in [3.05, 3.63) is 78.0 Å². The number of aromatic nitrogens is 2. The second-order valence-electron chi connectivity index (χ2n) is 15.7. The second kappa shape index (κ2) is 14.3. The van der Waals surface area contributed by atoms with E-state index in [1.54, 1.807) is 19.9 Å². The Morgan fingerprint density at radius 3 is 2.59 bits per heavy atom. The van der Waals surface area contributed by atoms with Crippen molar-refractivity contribution in [2.75, 3.05) is 6.54 Å². The number of carbonyl (C=O) groups excluding carboxylic acids is 4. The van der Waals surface area contributed by atoms with Crippen LogP contribution in [0, 0.1) is 18.7 Å². The highest BCUT2D eigenvalue weighted by atomic mass is 32.2. The van der Waals surface area contributed by atoms with Crippen LogP contribution >= 0.6 is 0 Å². The Hall–Kier alpha value is -5.38. The molecule has 14 nitrogen and oxygen atoms in total. The lowest BCUT2D eigenvalue weighted by Gasteiger charge is -2.30. The monoisotopic (exact) mass is 786 g/mol. The van der Waals surface area contributed by atoms with Crippen LogP contribution in [0.1, 0.15) is 81.0 Å². The number of aryl methyl sites for hydroxylation is 1. The number of halogens is 1. The molecule has 8 rings (SSSR count). The standard InChI is InChI=1S/C40H43FN6O8S/c1-23-18-32(45-55-23)34(48)42-30-13-7-5-3-4-6-10-24-21-40(24,38(51)46-56(52,53)39(2)16-17-39)44-35(49)33-20-26(22-47(33)37(30)50)54-36-29-12-9-8-11-27(29)28-15-14-25(41)19-31(28)43-36/h6,8-12,14-15,18-19,24,26,30,33H,3-5,7,13,16-17,20-22H2,1-2H3,(H,42,48)(H,44,49)(H,46,51)/b10-6-/t24-,26+,30-,33-,40?/m0/s1.